The van der Waals surface area contributed by atoms with Gasteiger partial charge in [0.2, 0.25) is 0 Å². The molecule has 7 heteroatoms. The summed E-state index contributed by atoms with van der Waals surface area (Å²) < 4.78 is 0. The molecule has 0 fully saturated rings. The molecule has 0 saturated carbocycles. The largest absolute Gasteiger partial charge is 0.481 e. The van der Waals surface area contributed by atoms with Crippen LogP contribution in [0, 0.1) is 0 Å². The quantitative estimate of drug-likeness (QED) is 0.820. The van der Waals surface area contributed by atoms with Gasteiger partial charge >= 0.3 is 12.0 Å². The van der Waals surface area contributed by atoms with Crippen LogP contribution in [0.3, 0.4) is 0 Å². The van der Waals surface area contributed by atoms with Crippen LogP contribution in [-0.2, 0) is 4.79 Å². The van der Waals surface area contributed by atoms with E-state index in [4.69, 9.17) is 5.11 Å². The van der Waals surface area contributed by atoms with Crippen LogP contribution in [0.25, 0.3) is 0 Å². The first-order valence-corrected chi connectivity index (χ1v) is 5.59. The van der Waals surface area contributed by atoms with Gasteiger partial charge in [-0.25, -0.2) is 14.8 Å². The van der Waals surface area contributed by atoms with Gasteiger partial charge in [0.15, 0.2) is 0 Å². The molecule has 0 saturated heterocycles. The van der Waals surface area contributed by atoms with Crippen LogP contribution in [0.5, 0.6) is 0 Å². The van der Waals surface area contributed by atoms with Gasteiger partial charge in [0.05, 0.1) is 24.5 Å². The van der Waals surface area contributed by atoms with E-state index in [-0.39, 0.29) is 18.5 Å². The van der Waals surface area contributed by atoms with Gasteiger partial charge in [-0.3, -0.25) is 4.79 Å². The first-order chi connectivity index (χ1) is 8.54. The minimum Gasteiger partial charge on any atom is -0.481 e. The lowest BCUT2D eigenvalue weighted by Crippen LogP contribution is -2.42. The monoisotopic (exact) mass is 252 g/mol. The van der Waals surface area contributed by atoms with E-state index in [1.54, 1.807) is 13.8 Å². The van der Waals surface area contributed by atoms with Gasteiger partial charge in [0.1, 0.15) is 6.33 Å². The molecule has 1 aromatic rings. The number of urea groups is 1. The lowest BCUT2D eigenvalue weighted by molar-refractivity contribution is -0.137. The molecule has 7 nitrogen and oxygen atoms in total. The minimum atomic E-state index is -0.934. The fourth-order valence-corrected chi connectivity index (χ4v) is 1.58. The number of aromatic nitrogens is 2. The van der Waals surface area contributed by atoms with Gasteiger partial charge in [-0.2, -0.15) is 0 Å². The number of hydrogen-bond donors (Lipinski definition) is 2. The van der Waals surface area contributed by atoms with Crippen molar-refractivity contribution in [2.75, 3.05) is 11.9 Å². The molecular formula is C11H16N4O3. The number of carbonyl (C=O) groups excluding carboxylic acids is 1. The number of hydrogen-bond acceptors (Lipinski definition) is 4. The van der Waals surface area contributed by atoms with Gasteiger partial charge in [-0.1, -0.05) is 0 Å². The van der Waals surface area contributed by atoms with E-state index in [1.165, 1.54) is 23.6 Å². The maximum atomic E-state index is 11.9. The van der Waals surface area contributed by atoms with Gasteiger partial charge in [-0.05, 0) is 13.8 Å². The second kappa shape index (κ2) is 6.53. The van der Waals surface area contributed by atoms with E-state index in [0.29, 0.717) is 12.2 Å². The second-order valence-corrected chi connectivity index (χ2v) is 3.79. The number of nitrogens with zero attached hydrogens (tertiary/aromatic N) is 3. The molecule has 0 aliphatic rings. The smallest absolute Gasteiger partial charge is 0.322 e. The SMILES string of the molecule is CCN(C(=O)Nc1cncnc1)C(C)CC(=O)O. The lowest BCUT2D eigenvalue weighted by atomic mass is 10.2. The molecule has 0 aliphatic heterocycles. The van der Waals surface area contributed by atoms with E-state index in [9.17, 15) is 9.59 Å². The van der Waals surface area contributed by atoms with Crippen molar-refractivity contribution >= 4 is 17.7 Å². The molecule has 1 heterocycles. The fraction of sp³-hybridized carbons (Fsp3) is 0.455. The molecule has 1 unspecified atom stereocenters. The lowest BCUT2D eigenvalue weighted by Gasteiger charge is -2.27. The number of anilines is 1. The summed E-state index contributed by atoms with van der Waals surface area (Å²) in [5.74, 6) is -0.934. The first-order valence-electron chi connectivity index (χ1n) is 5.59. The summed E-state index contributed by atoms with van der Waals surface area (Å²) in [5.41, 5.74) is 0.475. The molecule has 98 valence electrons. The van der Waals surface area contributed by atoms with Crippen molar-refractivity contribution in [2.45, 2.75) is 26.3 Å². The molecule has 0 radical (unpaired) electrons. The Hall–Kier alpha value is -2.18. The van der Waals surface area contributed by atoms with Crippen molar-refractivity contribution in [3.05, 3.63) is 18.7 Å². The fourth-order valence-electron chi connectivity index (χ4n) is 1.58. The van der Waals surface area contributed by atoms with Crippen molar-refractivity contribution in [1.29, 1.82) is 0 Å². The van der Waals surface area contributed by atoms with E-state index in [2.05, 4.69) is 15.3 Å². The van der Waals surface area contributed by atoms with Crippen molar-refractivity contribution in [3.63, 3.8) is 0 Å². The van der Waals surface area contributed by atoms with Crippen LogP contribution < -0.4 is 5.32 Å². The normalized spacial score (nSPS) is 11.7. The Morgan fingerprint density at radius 2 is 2.06 bits per heavy atom. The summed E-state index contributed by atoms with van der Waals surface area (Å²) >= 11 is 0. The number of aliphatic carboxylic acids is 1. The number of carboxylic acid groups (broad SMARTS) is 1. The molecule has 1 rings (SSSR count). The highest BCUT2D eigenvalue weighted by molar-refractivity contribution is 5.89. The Bertz CT molecular complexity index is 410. The molecular weight excluding hydrogens is 236 g/mol. The average molecular weight is 252 g/mol. The molecule has 1 atom stereocenters. The Morgan fingerprint density at radius 1 is 1.44 bits per heavy atom. The van der Waals surface area contributed by atoms with Crippen LogP contribution in [-0.4, -0.2) is 44.6 Å². The van der Waals surface area contributed by atoms with Crippen LogP contribution in [0.1, 0.15) is 20.3 Å². The highest BCUT2D eigenvalue weighted by Crippen LogP contribution is 2.08. The van der Waals surface area contributed by atoms with Gasteiger partial charge in [-0.15, -0.1) is 0 Å². The number of nitrogens with one attached hydrogen (secondary N) is 1. The van der Waals surface area contributed by atoms with Crippen molar-refractivity contribution in [1.82, 2.24) is 14.9 Å². The number of amides is 2. The van der Waals surface area contributed by atoms with E-state index < -0.39 is 5.97 Å². The highest BCUT2D eigenvalue weighted by Gasteiger charge is 2.20. The summed E-state index contributed by atoms with van der Waals surface area (Å²) in [6.45, 7) is 3.91. The van der Waals surface area contributed by atoms with Crippen LogP contribution in [0.15, 0.2) is 18.7 Å². The zero-order chi connectivity index (χ0) is 13.5. The Labute approximate surface area is 105 Å². The number of carboxylic acids is 1. The molecule has 1 aromatic heterocycles. The summed E-state index contributed by atoms with van der Waals surface area (Å²) in [4.78, 5) is 31.6. The highest BCUT2D eigenvalue weighted by atomic mass is 16.4. The Balaban J connectivity index is 2.65. The van der Waals surface area contributed by atoms with E-state index >= 15 is 0 Å². The zero-order valence-electron chi connectivity index (χ0n) is 10.3. The van der Waals surface area contributed by atoms with Crippen molar-refractivity contribution in [2.24, 2.45) is 0 Å². The second-order valence-electron chi connectivity index (χ2n) is 3.79. The van der Waals surface area contributed by atoms with Crippen molar-refractivity contribution in [3.8, 4) is 0 Å². The van der Waals surface area contributed by atoms with Gasteiger partial charge in [0.25, 0.3) is 0 Å². The molecule has 2 N–H and O–H groups in total. The maximum Gasteiger partial charge on any atom is 0.322 e. The van der Waals surface area contributed by atoms with E-state index in [1.807, 2.05) is 0 Å². The standard InChI is InChI=1S/C11H16N4O3/c1-3-15(8(2)4-10(16)17)11(18)14-9-5-12-7-13-6-9/h5-8H,3-4H2,1-2H3,(H,14,18)(H,16,17). The Kier molecular flexibility index (Phi) is 5.04. The van der Waals surface area contributed by atoms with Crippen LogP contribution in [0.4, 0.5) is 10.5 Å². The molecule has 0 bridgehead atoms. The van der Waals surface area contributed by atoms with Crippen LogP contribution in [0.2, 0.25) is 0 Å². The van der Waals surface area contributed by atoms with Crippen LogP contribution >= 0.6 is 0 Å². The first kappa shape index (κ1) is 13.9. The molecule has 0 aliphatic carbocycles. The van der Waals surface area contributed by atoms with Gasteiger partial charge < -0.3 is 15.3 Å². The van der Waals surface area contributed by atoms with Gasteiger partial charge in [0, 0.05) is 12.6 Å². The predicted molar refractivity (Wildman–Crippen MR) is 65.1 cm³/mol. The summed E-state index contributed by atoms with van der Waals surface area (Å²) in [5, 5.41) is 11.3. The molecule has 0 spiro atoms. The third kappa shape index (κ3) is 4.00. The third-order valence-corrected chi connectivity index (χ3v) is 2.42. The molecule has 2 amide bonds. The minimum absolute atomic E-state index is 0.0907. The Morgan fingerprint density at radius 3 is 2.56 bits per heavy atom. The zero-order valence-corrected chi connectivity index (χ0v) is 10.3. The predicted octanol–water partition coefficient (Wildman–Crippen LogP) is 1.19. The average Bonchev–Trinajstić information content (AvgIpc) is 2.30. The molecule has 18 heavy (non-hydrogen) atoms. The van der Waals surface area contributed by atoms with E-state index in [0.717, 1.165) is 0 Å². The topological polar surface area (TPSA) is 95.4 Å². The maximum absolute atomic E-state index is 11.9. The number of rotatable bonds is 5. The summed E-state index contributed by atoms with van der Waals surface area (Å²) in [6.07, 6.45) is 4.22. The molecule has 0 aromatic carbocycles. The summed E-state index contributed by atoms with van der Waals surface area (Å²) in [7, 11) is 0. The third-order valence-electron chi connectivity index (χ3n) is 2.42. The number of carbonyl (C=O) groups is 2. The van der Waals surface area contributed by atoms with Crippen molar-refractivity contribution < 1.29 is 14.7 Å². The summed E-state index contributed by atoms with van der Waals surface area (Å²) in [6, 6.07) is -0.738.